The molecule has 0 bridgehead atoms. The molecule has 10 heavy (non-hydrogen) atoms. The van der Waals surface area contributed by atoms with Crippen LogP contribution in [0.15, 0.2) is 6.33 Å². The van der Waals surface area contributed by atoms with Crippen LogP contribution >= 0.6 is 0 Å². The number of hydrogen-bond acceptors (Lipinski definition) is 5. The highest BCUT2D eigenvalue weighted by Crippen LogP contribution is 2.03. The summed E-state index contributed by atoms with van der Waals surface area (Å²) in [5, 5.41) is 8.94. The first-order valence-electron chi connectivity index (χ1n) is 2.82. The zero-order chi connectivity index (χ0) is 7.56. The molecule has 0 saturated carbocycles. The molecular weight excluding hydrogens is 132 g/mol. The summed E-state index contributed by atoms with van der Waals surface area (Å²) in [6.45, 7) is 1.56. The van der Waals surface area contributed by atoms with Crippen molar-refractivity contribution in [2.24, 2.45) is 0 Å². The lowest BCUT2D eigenvalue weighted by Gasteiger charge is -2.00. The van der Waals surface area contributed by atoms with Crippen LogP contribution in [0.1, 0.15) is 18.9 Å². The zero-order valence-electron chi connectivity index (χ0n) is 5.52. The number of nitrogens with two attached hydrogens (primary N) is 1. The van der Waals surface area contributed by atoms with Crippen molar-refractivity contribution in [3.05, 3.63) is 12.2 Å². The summed E-state index contributed by atoms with van der Waals surface area (Å²) in [5.41, 5.74) is 5.22. The number of nitrogens with zero attached hydrogens (tertiary/aromatic N) is 3. The smallest absolute Gasteiger partial charge is 0.223 e. The van der Waals surface area contributed by atoms with Crippen LogP contribution in [0.3, 0.4) is 0 Å². The summed E-state index contributed by atoms with van der Waals surface area (Å²) in [6, 6.07) is 0. The maximum atomic E-state index is 8.94. The van der Waals surface area contributed by atoms with E-state index in [4.69, 9.17) is 10.8 Å². The van der Waals surface area contributed by atoms with Gasteiger partial charge in [-0.25, -0.2) is 9.97 Å². The Kier molecular flexibility index (Phi) is 1.77. The van der Waals surface area contributed by atoms with Crippen molar-refractivity contribution in [1.29, 1.82) is 0 Å². The molecule has 54 valence electrons. The van der Waals surface area contributed by atoms with Crippen LogP contribution in [-0.2, 0) is 0 Å². The Morgan fingerprint density at radius 2 is 2.30 bits per heavy atom. The fraction of sp³-hybridized carbons (Fsp3) is 0.400. The predicted molar refractivity (Wildman–Crippen MR) is 34.9 cm³/mol. The topological polar surface area (TPSA) is 84.9 Å². The molecule has 0 amide bonds. The van der Waals surface area contributed by atoms with E-state index in [-0.39, 0.29) is 5.95 Å². The van der Waals surface area contributed by atoms with Gasteiger partial charge in [-0.2, -0.15) is 4.98 Å². The summed E-state index contributed by atoms with van der Waals surface area (Å²) in [7, 11) is 0. The van der Waals surface area contributed by atoms with Gasteiger partial charge in [0.25, 0.3) is 0 Å². The molecule has 5 heteroatoms. The van der Waals surface area contributed by atoms with E-state index in [9.17, 15) is 0 Å². The number of hydrogen-bond donors (Lipinski definition) is 2. The van der Waals surface area contributed by atoms with Crippen molar-refractivity contribution in [2.45, 2.75) is 13.0 Å². The first kappa shape index (κ1) is 6.88. The van der Waals surface area contributed by atoms with Crippen LogP contribution in [0.5, 0.6) is 0 Å². The maximum Gasteiger partial charge on any atom is 0.223 e. The van der Waals surface area contributed by atoms with Gasteiger partial charge < -0.3 is 10.8 Å². The van der Waals surface area contributed by atoms with Gasteiger partial charge in [0.05, 0.1) is 0 Å². The third kappa shape index (κ3) is 1.38. The van der Waals surface area contributed by atoms with Gasteiger partial charge in [0.1, 0.15) is 12.4 Å². The Morgan fingerprint density at radius 3 is 2.70 bits per heavy atom. The van der Waals surface area contributed by atoms with Crippen molar-refractivity contribution < 1.29 is 5.11 Å². The molecule has 3 N–H and O–H groups in total. The first-order valence-corrected chi connectivity index (χ1v) is 2.82. The van der Waals surface area contributed by atoms with E-state index in [0.29, 0.717) is 5.82 Å². The van der Waals surface area contributed by atoms with Gasteiger partial charge in [-0.1, -0.05) is 0 Å². The van der Waals surface area contributed by atoms with E-state index < -0.39 is 6.10 Å². The first-order chi connectivity index (χ1) is 4.70. The monoisotopic (exact) mass is 140 g/mol. The van der Waals surface area contributed by atoms with E-state index in [1.54, 1.807) is 6.92 Å². The number of aromatic nitrogens is 3. The molecule has 1 aromatic heterocycles. The highest BCUT2D eigenvalue weighted by atomic mass is 16.3. The highest BCUT2D eigenvalue weighted by Gasteiger charge is 2.02. The minimum Gasteiger partial charge on any atom is -0.385 e. The number of rotatable bonds is 1. The van der Waals surface area contributed by atoms with E-state index in [1.807, 2.05) is 0 Å². The molecule has 0 aromatic carbocycles. The van der Waals surface area contributed by atoms with Crippen molar-refractivity contribution in [3.8, 4) is 0 Å². The third-order valence-electron chi connectivity index (χ3n) is 0.983. The van der Waals surface area contributed by atoms with Crippen molar-refractivity contribution in [3.63, 3.8) is 0 Å². The second kappa shape index (κ2) is 2.57. The summed E-state index contributed by atoms with van der Waals surface area (Å²) >= 11 is 0. The molecule has 1 aromatic rings. The molecule has 0 aliphatic rings. The number of aliphatic hydroxyl groups is 1. The molecule has 1 atom stereocenters. The van der Waals surface area contributed by atoms with Gasteiger partial charge in [0.2, 0.25) is 5.95 Å². The zero-order valence-corrected chi connectivity index (χ0v) is 5.52. The second-order valence-electron chi connectivity index (χ2n) is 1.88. The summed E-state index contributed by atoms with van der Waals surface area (Å²) in [5.74, 6) is 0.429. The summed E-state index contributed by atoms with van der Waals surface area (Å²) < 4.78 is 0. The largest absolute Gasteiger partial charge is 0.385 e. The van der Waals surface area contributed by atoms with Crippen LogP contribution in [0.4, 0.5) is 5.95 Å². The lowest BCUT2D eigenvalue weighted by Crippen LogP contribution is -2.03. The molecule has 0 aliphatic heterocycles. The Hall–Kier alpha value is -1.23. The van der Waals surface area contributed by atoms with Crippen LogP contribution < -0.4 is 5.73 Å². The van der Waals surface area contributed by atoms with E-state index in [1.165, 1.54) is 6.33 Å². The Labute approximate surface area is 58.0 Å². The number of nitrogen functional groups attached to an aromatic ring is 1. The fourth-order valence-corrected chi connectivity index (χ4v) is 0.524. The Balaban J connectivity index is 2.96. The SMILES string of the molecule is CC(O)c1ncnc(N)n1. The van der Waals surface area contributed by atoms with Crippen molar-refractivity contribution in [1.82, 2.24) is 15.0 Å². The van der Waals surface area contributed by atoms with Crippen molar-refractivity contribution >= 4 is 5.95 Å². The number of anilines is 1. The molecule has 1 heterocycles. The van der Waals surface area contributed by atoms with Crippen LogP contribution in [-0.4, -0.2) is 20.1 Å². The summed E-state index contributed by atoms with van der Waals surface area (Å²) in [4.78, 5) is 10.9. The fourth-order valence-electron chi connectivity index (χ4n) is 0.524. The van der Waals surface area contributed by atoms with E-state index >= 15 is 0 Å². The Morgan fingerprint density at radius 1 is 1.60 bits per heavy atom. The lowest BCUT2D eigenvalue weighted by atomic mass is 10.4. The minimum atomic E-state index is -0.690. The average Bonchev–Trinajstić information content (AvgIpc) is 1.88. The molecular formula is C5H8N4O. The van der Waals surface area contributed by atoms with E-state index in [0.717, 1.165) is 0 Å². The molecule has 1 unspecified atom stereocenters. The highest BCUT2D eigenvalue weighted by molar-refractivity contribution is 5.12. The van der Waals surface area contributed by atoms with Crippen LogP contribution in [0, 0.1) is 0 Å². The number of aliphatic hydroxyl groups excluding tert-OH is 1. The van der Waals surface area contributed by atoms with Gasteiger partial charge in [-0.05, 0) is 6.92 Å². The average molecular weight is 140 g/mol. The molecule has 5 nitrogen and oxygen atoms in total. The third-order valence-corrected chi connectivity index (χ3v) is 0.983. The summed E-state index contributed by atoms with van der Waals surface area (Å²) in [6.07, 6.45) is 0.579. The van der Waals surface area contributed by atoms with Gasteiger partial charge in [0, 0.05) is 0 Å². The van der Waals surface area contributed by atoms with E-state index in [2.05, 4.69) is 15.0 Å². The van der Waals surface area contributed by atoms with Gasteiger partial charge in [-0.15, -0.1) is 0 Å². The molecule has 0 spiro atoms. The van der Waals surface area contributed by atoms with Gasteiger partial charge >= 0.3 is 0 Å². The quantitative estimate of drug-likeness (QED) is 0.549. The normalized spacial score (nSPS) is 13.0. The molecule has 1 rings (SSSR count). The van der Waals surface area contributed by atoms with Crippen LogP contribution in [0.2, 0.25) is 0 Å². The van der Waals surface area contributed by atoms with Gasteiger partial charge in [0.15, 0.2) is 5.82 Å². The molecule has 0 radical (unpaired) electrons. The standard InChI is InChI=1S/C5H8N4O/c1-3(10)4-7-2-8-5(6)9-4/h2-3,10H,1H3,(H2,6,7,8,9). The Bertz CT molecular complexity index is 225. The lowest BCUT2D eigenvalue weighted by molar-refractivity contribution is 0.188. The van der Waals surface area contributed by atoms with Crippen LogP contribution in [0.25, 0.3) is 0 Å². The molecule has 0 aliphatic carbocycles. The van der Waals surface area contributed by atoms with Gasteiger partial charge in [-0.3, -0.25) is 0 Å². The molecule has 0 saturated heterocycles. The maximum absolute atomic E-state index is 8.94. The van der Waals surface area contributed by atoms with Crippen molar-refractivity contribution in [2.75, 3.05) is 5.73 Å². The minimum absolute atomic E-state index is 0.130. The molecule has 0 fully saturated rings. The second-order valence-corrected chi connectivity index (χ2v) is 1.88. The predicted octanol–water partition coefficient (Wildman–Crippen LogP) is -0.493.